The van der Waals surface area contributed by atoms with Gasteiger partial charge in [-0.3, -0.25) is 4.79 Å². The fourth-order valence-corrected chi connectivity index (χ4v) is 3.77. The Hall–Kier alpha value is -0.530. The number of rotatable bonds is 20. The first-order chi connectivity index (χ1) is 12.8. The predicted octanol–water partition coefficient (Wildman–Crippen LogP) is 8.23. The Kier molecular flexibility index (Phi) is 20.4. The lowest BCUT2D eigenvalue weighted by molar-refractivity contribution is -0.146. The third-order valence-corrected chi connectivity index (χ3v) is 5.60. The molecule has 1 atom stereocenters. The van der Waals surface area contributed by atoms with Gasteiger partial charge in [-0.15, -0.1) is 0 Å². The molecular formula is C24H48O2. The Labute approximate surface area is 164 Å². The van der Waals surface area contributed by atoms with Crippen molar-refractivity contribution >= 4 is 5.97 Å². The smallest absolute Gasteiger partial charge is 0.308 e. The molecule has 156 valence electrons. The van der Waals surface area contributed by atoms with Crippen LogP contribution in [0, 0.1) is 5.92 Å². The van der Waals surface area contributed by atoms with E-state index in [-0.39, 0.29) is 11.9 Å². The first kappa shape index (κ1) is 25.5. The van der Waals surface area contributed by atoms with Crippen molar-refractivity contribution in [3.8, 4) is 0 Å². The standard InChI is InChI=1S/C24H48O2/c1-4-6-8-9-10-11-12-13-14-15-16-17-18-20-22-23(24(25)26-3)21-19-7-5-2/h23H,4-22H2,1-3H3. The van der Waals surface area contributed by atoms with Gasteiger partial charge in [0.2, 0.25) is 0 Å². The average molecular weight is 369 g/mol. The highest BCUT2D eigenvalue weighted by atomic mass is 16.5. The van der Waals surface area contributed by atoms with Crippen molar-refractivity contribution in [2.75, 3.05) is 7.11 Å². The van der Waals surface area contributed by atoms with E-state index in [2.05, 4.69) is 13.8 Å². The molecule has 0 heterocycles. The van der Waals surface area contributed by atoms with Crippen LogP contribution >= 0.6 is 0 Å². The van der Waals surface area contributed by atoms with Crippen LogP contribution < -0.4 is 0 Å². The molecule has 0 aromatic rings. The Morgan fingerprint density at radius 1 is 0.577 bits per heavy atom. The van der Waals surface area contributed by atoms with Gasteiger partial charge >= 0.3 is 5.97 Å². The van der Waals surface area contributed by atoms with Gasteiger partial charge in [-0.25, -0.2) is 0 Å². The molecule has 0 aromatic heterocycles. The maximum atomic E-state index is 11.8. The summed E-state index contributed by atoms with van der Waals surface area (Å²) in [7, 11) is 1.53. The molecule has 2 nitrogen and oxygen atoms in total. The van der Waals surface area contributed by atoms with E-state index in [0.29, 0.717) is 0 Å². The van der Waals surface area contributed by atoms with E-state index in [0.717, 1.165) is 19.3 Å². The molecule has 0 saturated carbocycles. The lowest BCUT2D eigenvalue weighted by Gasteiger charge is -2.14. The van der Waals surface area contributed by atoms with E-state index in [1.165, 1.54) is 110 Å². The van der Waals surface area contributed by atoms with Gasteiger partial charge in [0.15, 0.2) is 0 Å². The van der Waals surface area contributed by atoms with Crippen molar-refractivity contribution in [1.82, 2.24) is 0 Å². The minimum atomic E-state index is 0.01000. The molecule has 0 rings (SSSR count). The summed E-state index contributed by atoms with van der Waals surface area (Å²) in [6.45, 7) is 4.49. The topological polar surface area (TPSA) is 26.3 Å². The number of hydrogen-bond acceptors (Lipinski definition) is 2. The van der Waals surface area contributed by atoms with Gasteiger partial charge in [0.1, 0.15) is 0 Å². The SMILES string of the molecule is CCCCCCCCCCCCCCCCC(CCCCC)C(=O)OC. The number of methoxy groups -OCH3 is 1. The quantitative estimate of drug-likeness (QED) is 0.160. The van der Waals surface area contributed by atoms with Crippen LogP contribution in [0.15, 0.2) is 0 Å². The molecule has 0 amide bonds. The average Bonchev–Trinajstić information content (AvgIpc) is 2.66. The number of carbonyl (C=O) groups excluding carboxylic acids is 1. The van der Waals surface area contributed by atoms with Crippen LogP contribution in [0.1, 0.15) is 136 Å². The van der Waals surface area contributed by atoms with Crippen molar-refractivity contribution in [2.24, 2.45) is 5.92 Å². The zero-order valence-electron chi connectivity index (χ0n) is 18.3. The first-order valence-corrected chi connectivity index (χ1v) is 11.8. The molecule has 0 spiro atoms. The number of hydrogen-bond donors (Lipinski definition) is 0. The van der Waals surface area contributed by atoms with Crippen molar-refractivity contribution in [3.05, 3.63) is 0 Å². The molecule has 0 aliphatic carbocycles. The third-order valence-electron chi connectivity index (χ3n) is 5.60. The largest absolute Gasteiger partial charge is 0.469 e. The molecule has 0 aliphatic heterocycles. The number of ether oxygens (including phenoxy) is 1. The van der Waals surface area contributed by atoms with Gasteiger partial charge in [-0.1, -0.05) is 123 Å². The fraction of sp³-hybridized carbons (Fsp3) is 0.958. The van der Waals surface area contributed by atoms with Gasteiger partial charge in [0.25, 0.3) is 0 Å². The summed E-state index contributed by atoms with van der Waals surface area (Å²) in [4.78, 5) is 11.8. The van der Waals surface area contributed by atoms with E-state index in [1.54, 1.807) is 0 Å². The minimum absolute atomic E-state index is 0.01000. The maximum Gasteiger partial charge on any atom is 0.308 e. The van der Waals surface area contributed by atoms with Crippen LogP contribution in [0.25, 0.3) is 0 Å². The Bertz CT molecular complexity index is 288. The first-order valence-electron chi connectivity index (χ1n) is 11.8. The second-order valence-corrected chi connectivity index (χ2v) is 8.10. The molecule has 1 unspecified atom stereocenters. The lowest BCUT2D eigenvalue weighted by Crippen LogP contribution is -2.16. The summed E-state index contributed by atoms with van der Waals surface area (Å²) in [5.41, 5.74) is 0. The molecule has 0 saturated heterocycles. The molecule has 0 aromatic carbocycles. The minimum Gasteiger partial charge on any atom is -0.469 e. The molecule has 2 heteroatoms. The van der Waals surface area contributed by atoms with E-state index in [1.807, 2.05) is 0 Å². The second-order valence-electron chi connectivity index (χ2n) is 8.10. The Balaban J connectivity index is 3.40. The van der Waals surface area contributed by atoms with Crippen LogP contribution in [0.3, 0.4) is 0 Å². The van der Waals surface area contributed by atoms with Crippen LogP contribution in [0.4, 0.5) is 0 Å². The molecule has 0 fully saturated rings. The number of esters is 1. The zero-order chi connectivity index (χ0) is 19.3. The van der Waals surface area contributed by atoms with Gasteiger partial charge in [-0.05, 0) is 12.8 Å². The van der Waals surface area contributed by atoms with Crippen LogP contribution in [0.2, 0.25) is 0 Å². The molecule has 0 N–H and O–H groups in total. The number of carbonyl (C=O) groups is 1. The van der Waals surface area contributed by atoms with Gasteiger partial charge in [-0.2, -0.15) is 0 Å². The summed E-state index contributed by atoms with van der Waals surface area (Å²) >= 11 is 0. The second kappa shape index (κ2) is 20.8. The maximum absolute atomic E-state index is 11.8. The van der Waals surface area contributed by atoms with Gasteiger partial charge in [0, 0.05) is 0 Å². The predicted molar refractivity (Wildman–Crippen MR) is 115 cm³/mol. The molecule has 0 bridgehead atoms. The fourth-order valence-electron chi connectivity index (χ4n) is 3.77. The third kappa shape index (κ3) is 16.9. The van der Waals surface area contributed by atoms with E-state index >= 15 is 0 Å². The molecule has 26 heavy (non-hydrogen) atoms. The van der Waals surface area contributed by atoms with Crippen LogP contribution in [-0.4, -0.2) is 13.1 Å². The van der Waals surface area contributed by atoms with E-state index in [9.17, 15) is 4.79 Å². The lowest BCUT2D eigenvalue weighted by atomic mass is 9.94. The van der Waals surface area contributed by atoms with Crippen molar-refractivity contribution in [2.45, 2.75) is 136 Å². The zero-order valence-corrected chi connectivity index (χ0v) is 18.3. The van der Waals surface area contributed by atoms with Crippen molar-refractivity contribution in [3.63, 3.8) is 0 Å². The summed E-state index contributed by atoms with van der Waals surface area (Å²) in [5.74, 6) is 0.152. The van der Waals surface area contributed by atoms with Crippen molar-refractivity contribution in [1.29, 1.82) is 0 Å². The highest BCUT2D eigenvalue weighted by Crippen LogP contribution is 2.20. The molecule has 0 aliphatic rings. The molecule has 0 radical (unpaired) electrons. The van der Waals surface area contributed by atoms with Crippen LogP contribution in [0.5, 0.6) is 0 Å². The summed E-state index contributed by atoms with van der Waals surface area (Å²) in [6.07, 6.45) is 25.0. The summed E-state index contributed by atoms with van der Waals surface area (Å²) in [6, 6.07) is 0. The van der Waals surface area contributed by atoms with E-state index in [4.69, 9.17) is 4.74 Å². The highest BCUT2D eigenvalue weighted by Gasteiger charge is 2.17. The van der Waals surface area contributed by atoms with Gasteiger partial charge < -0.3 is 4.74 Å². The van der Waals surface area contributed by atoms with Crippen LogP contribution in [-0.2, 0) is 9.53 Å². The Morgan fingerprint density at radius 2 is 0.885 bits per heavy atom. The number of unbranched alkanes of at least 4 members (excludes halogenated alkanes) is 15. The van der Waals surface area contributed by atoms with Crippen molar-refractivity contribution < 1.29 is 9.53 Å². The normalized spacial score (nSPS) is 12.3. The summed E-state index contributed by atoms with van der Waals surface area (Å²) in [5, 5.41) is 0. The molecular weight excluding hydrogens is 320 g/mol. The van der Waals surface area contributed by atoms with E-state index < -0.39 is 0 Å². The Morgan fingerprint density at radius 3 is 1.27 bits per heavy atom. The monoisotopic (exact) mass is 368 g/mol. The highest BCUT2D eigenvalue weighted by molar-refractivity contribution is 5.72. The van der Waals surface area contributed by atoms with Gasteiger partial charge in [0.05, 0.1) is 13.0 Å². The summed E-state index contributed by atoms with van der Waals surface area (Å²) < 4.78 is 4.97.